The van der Waals surface area contributed by atoms with Gasteiger partial charge in [0.2, 0.25) is 0 Å². The van der Waals surface area contributed by atoms with E-state index in [-0.39, 0.29) is 18.0 Å². The second-order valence-corrected chi connectivity index (χ2v) is 7.18. The van der Waals surface area contributed by atoms with Crippen LogP contribution in [0.2, 0.25) is 0 Å². The van der Waals surface area contributed by atoms with E-state index >= 15 is 0 Å². The van der Waals surface area contributed by atoms with E-state index < -0.39 is 0 Å². The number of urea groups is 1. The van der Waals surface area contributed by atoms with E-state index in [0.29, 0.717) is 18.5 Å². The third-order valence-electron chi connectivity index (χ3n) is 5.50. The first-order valence-electron chi connectivity index (χ1n) is 9.09. The zero-order valence-corrected chi connectivity index (χ0v) is 15.1. The molecule has 1 N–H and O–H groups in total. The van der Waals surface area contributed by atoms with Gasteiger partial charge in [-0.3, -0.25) is 0 Å². The van der Waals surface area contributed by atoms with Crippen molar-refractivity contribution >= 4 is 6.03 Å². The van der Waals surface area contributed by atoms with Gasteiger partial charge >= 0.3 is 6.03 Å². The molecule has 2 amide bonds. The van der Waals surface area contributed by atoms with Crippen LogP contribution in [0.1, 0.15) is 30.9 Å². The molecule has 0 spiro atoms. The first kappa shape index (κ1) is 18.1. The van der Waals surface area contributed by atoms with Crippen LogP contribution in [0.4, 0.5) is 9.18 Å². The maximum absolute atomic E-state index is 13.1. The van der Waals surface area contributed by atoms with Crippen LogP contribution in [-0.2, 0) is 4.74 Å². The van der Waals surface area contributed by atoms with Gasteiger partial charge in [0, 0.05) is 32.8 Å². The molecule has 3 unspecified atom stereocenters. The van der Waals surface area contributed by atoms with Gasteiger partial charge in [-0.1, -0.05) is 12.1 Å². The molecule has 2 aliphatic rings. The predicted octanol–water partition coefficient (Wildman–Crippen LogP) is 2.64. The summed E-state index contributed by atoms with van der Waals surface area (Å²) in [6.07, 6.45) is 3.03. The van der Waals surface area contributed by atoms with Crippen LogP contribution in [0, 0.1) is 11.7 Å². The number of rotatable bonds is 4. The summed E-state index contributed by atoms with van der Waals surface area (Å²) in [5.41, 5.74) is 0.861. The monoisotopic (exact) mass is 349 g/mol. The number of likely N-dealkylation sites (tertiary alicyclic amines) is 2. The standard InChI is InChI=1S/C19H28FN3O2/c1-22-11-9-17-15(13-22)4-3-10-23(17)19(24)21-12-18(25-2)14-5-7-16(20)8-6-14/h5-8,15,17-18H,3-4,9-13H2,1-2H3,(H,21,24). The molecule has 1 aromatic carbocycles. The van der Waals surface area contributed by atoms with Crippen LogP contribution < -0.4 is 5.32 Å². The summed E-state index contributed by atoms with van der Waals surface area (Å²) in [6.45, 7) is 3.33. The fourth-order valence-corrected chi connectivity index (χ4v) is 4.13. The van der Waals surface area contributed by atoms with Crippen LogP contribution >= 0.6 is 0 Å². The molecule has 3 atom stereocenters. The van der Waals surface area contributed by atoms with Gasteiger partial charge < -0.3 is 19.9 Å². The van der Waals surface area contributed by atoms with E-state index in [4.69, 9.17) is 4.74 Å². The second kappa shape index (κ2) is 8.15. The number of nitrogens with zero attached hydrogens (tertiary/aromatic N) is 2. The third-order valence-corrected chi connectivity index (χ3v) is 5.50. The van der Waals surface area contributed by atoms with E-state index in [0.717, 1.165) is 38.0 Å². The van der Waals surface area contributed by atoms with E-state index in [1.54, 1.807) is 19.2 Å². The molecule has 5 nitrogen and oxygen atoms in total. The number of hydrogen-bond donors (Lipinski definition) is 1. The van der Waals surface area contributed by atoms with Gasteiger partial charge in [0.05, 0.1) is 6.10 Å². The SMILES string of the molecule is COC(CNC(=O)N1CCCC2CN(C)CCC21)c1ccc(F)cc1. The Morgan fingerprint density at radius 2 is 2.08 bits per heavy atom. The van der Waals surface area contributed by atoms with Gasteiger partial charge in [0.15, 0.2) is 0 Å². The van der Waals surface area contributed by atoms with Crippen molar-refractivity contribution in [2.45, 2.75) is 31.4 Å². The van der Waals surface area contributed by atoms with Crippen molar-refractivity contribution in [2.24, 2.45) is 5.92 Å². The van der Waals surface area contributed by atoms with Gasteiger partial charge in [-0.25, -0.2) is 9.18 Å². The van der Waals surface area contributed by atoms with Crippen molar-refractivity contribution in [3.8, 4) is 0 Å². The number of nitrogens with one attached hydrogen (secondary N) is 1. The molecule has 138 valence electrons. The Bertz CT molecular complexity index is 581. The molecule has 2 fully saturated rings. The predicted molar refractivity (Wildman–Crippen MR) is 94.9 cm³/mol. The Balaban J connectivity index is 1.58. The zero-order valence-electron chi connectivity index (χ0n) is 15.1. The molecule has 2 heterocycles. The summed E-state index contributed by atoms with van der Waals surface area (Å²) in [4.78, 5) is 17.1. The molecule has 25 heavy (non-hydrogen) atoms. The Labute approximate surface area is 149 Å². The molecule has 0 aliphatic carbocycles. The Morgan fingerprint density at radius 3 is 2.80 bits per heavy atom. The molecule has 2 aliphatic heterocycles. The number of piperidine rings is 2. The van der Waals surface area contributed by atoms with Gasteiger partial charge in [0.25, 0.3) is 0 Å². The van der Waals surface area contributed by atoms with Crippen LogP contribution in [-0.4, -0.2) is 62.2 Å². The van der Waals surface area contributed by atoms with Crippen molar-refractivity contribution in [3.05, 3.63) is 35.6 Å². The quantitative estimate of drug-likeness (QED) is 0.909. The van der Waals surface area contributed by atoms with E-state index in [1.807, 2.05) is 4.90 Å². The van der Waals surface area contributed by atoms with Crippen LogP contribution in [0.5, 0.6) is 0 Å². The summed E-state index contributed by atoms with van der Waals surface area (Å²) >= 11 is 0. The normalized spacial score (nSPS) is 25.3. The highest BCUT2D eigenvalue weighted by molar-refractivity contribution is 5.74. The van der Waals surface area contributed by atoms with Gasteiger partial charge in [0.1, 0.15) is 5.82 Å². The van der Waals surface area contributed by atoms with Crippen molar-refractivity contribution in [2.75, 3.05) is 40.3 Å². The highest BCUT2D eigenvalue weighted by Gasteiger charge is 2.37. The number of carbonyl (C=O) groups is 1. The average Bonchev–Trinajstić information content (AvgIpc) is 2.62. The molecule has 1 aromatic rings. The molecular weight excluding hydrogens is 321 g/mol. The maximum Gasteiger partial charge on any atom is 0.317 e. The Hall–Kier alpha value is -1.66. The number of benzene rings is 1. The largest absolute Gasteiger partial charge is 0.375 e. The number of carbonyl (C=O) groups excluding carboxylic acids is 1. The average molecular weight is 349 g/mol. The van der Waals surface area contributed by atoms with E-state index in [9.17, 15) is 9.18 Å². The molecule has 0 aromatic heterocycles. The Morgan fingerprint density at radius 1 is 1.32 bits per heavy atom. The number of fused-ring (bicyclic) bond motifs is 1. The van der Waals surface area contributed by atoms with Crippen LogP contribution in [0.3, 0.4) is 0 Å². The van der Waals surface area contributed by atoms with Crippen LogP contribution in [0.25, 0.3) is 0 Å². The van der Waals surface area contributed by atoms with Crippen molar-refractivity contribution < 1.29 is 13.9 Å². The topological polar surface area (TPSA) is 44.8 Å². The minimum Gasteiger partial charge on any atom is -0.375 e. The first-order chi connectivity index (χ1) is 12.1. The lowest BCUT2D eigenvalue weighted by molar-refractivity contribution is 0.0500. The molecular formula is C19H28FN3O2. The summed E-state index contributed by atoms with van der Waals surface area (Å²) in [5, 5.41) is 3.02. The first-order valence-corrected chi connectivity index (χ1v) is 9.09. The number of hydrogen-bond acceptors (Lipinski definition) is 3. The number of halogens is 1. The molecule has 0 bridgehead atoms. The summed E-state index contributed by atoms with van der Waals surface area (Å²) in [6, 6.07) is 6.56. The highest BCUT2D eigenvalue weighted by Crippen LogP contribution is 2.30. The second-order valence-electron chi connectivity index (χ2n) is 7.18. The van der Waals surface area contributed by atoms with Gasteiger partial charge in [-0.05, 0) is 56.5 Å². The maximum atomic E-state index is 13.1. The van der Waals surface area contributed by atoms with Crippen molar-refractivity contribution in [1.29, 1.82) is 0 Å². The minimum absolute atomic E-state index is 0.0107. The van der Waals surface area contributed by atoms with E-state index in [2.05, 4.69) is 17.3 Å². The lowest BCUT2D eigenvalue weighted by atomic mass is 9.84. The molecule has 6 heteroatoms. The molecule has 0 saturated carbocycles. The van der Waals surface area contributed by atoms with Crippen molar-refractivity contribution in [1.82, 2.24) is 15.1 Å². The lowest BCUT2D eigenvalue weighted by Crippen LogP contribution is -2.57. The number of methoxy groups -OCH3 is 1. The fourth-order valence-electron chi connectivity index (χ4n) is 4.13. The fraction of sp³-hybridized carbons (Fsp3) is 0.632. The molecule has 2 saturated heterocycles. The lowest BCUT2D eigenvalue weighted by Gasteiger charge is -2.46. The molecule has 0 radical (unpaired) electrons. The summed E-state index contributed by atoms with van der Waals surface area (Å²) in [5.74, 6) is 0.304. The number of amides is 2. The van der Waals surface area contributed by atoms with Gasteiger partial charge in [-0.15, -0.1) is 0 Å². The highest BCUT2D eigenvalue weighted by atomic mass is 19.1. The third kappa shape index (κ3) is 4.30. The summed E-state index contributed by atoms with van der Waals surface area (Å²) < 4.78 is 18.5. The summed E-state index contributed by atoms with van der Waals surface area (Å²) in [7, 11) is 3.76. The van der Waals surface area contributed by atoms with E-state index in [1.165, 1.54) is 18.6 Å². The van der Waals surface area contributed by atoms with Gasteiger partial charge in [-0.2, -0.15) is 0 Å². The number of ether oxygens (including phenoxy) is 1. The zero-order chi connectivity index (χ0) is 17.8. The minimum atomic E-state index is -0.275. The smallest absolute Gasteiger partial charge is 0.317 e. The molecule has 3 rings (SSSR count). The van der Waals surface area contributed by atoms with Crippen molar-refractivity contribution in [3.63, 3.8) is 0 Å². The van der Waals surface area contributed by atoms with Crippen LogP contribution in [0.15, 0.2) is 24.3 Å². The Kier molecular flexibility index (Phi) is 5.91.